The van der Waals surface area contributed by atoms with E-state index in [4.69, 9.17) is 10.5 Å². The normalized spacial score (nSPS) is 13.4. The molecule has 1 heterocycles. The highest BCUT2D eigenvalue weighted by molar-refractivity contribution is 5.73. The Hall–Kier alpha value is -2.23. The van der Waals surface area contributed by atoms with Crippen LogP contribution in [0.2, 0.25) is 0 Å². The standard InChI is InChI=1S/C16H17FN2O/c1-2-20-16-10-13(5-6-14(16)18)19-8-7-11-3-4-12(17)9-15(11)19/h3-6,9-10H,2,7-8,18H2,1H3. The highest BCUT2D eigenvalue weighted by atomic mass is 19.1. The molecule has 0 saturated heterocycles. The Morgan fingerprint density at radius 2 is 2.10 bits per heavy atom. The molecule has 2 aromatic rings. The maximum atomic E-state index is 13.4. The van der Waals surface area contributed by atoms with Crippen LogP contribution in [0.4, 0.5) is 21.5 Å². The van der Waals surface area contributed by atoms with Crippen LogP contribution >= 0.6 is 0 Å². The third kappa shape index (κ3) is 2.18. The van der Waals surface area contributed by atoms with E-state index >= 15 is 0 Å². The van der Waals surface area contributed by atoms with E-state index in [2.05, 4.69) is 4.90 Å². The lowest BCUT2D eigenvalue weighted by Gasteiger charge is -2.21. The molecule has 0 saturated carbocycles. The van der Waals surface area contributed by atoms with Crippen molar-refractivity contribution >= 4 is 17.1 Å². The summed E-state index contributed by atoms with van der Waals surface area (Å²) in [6.45, 7) is 3.33. The zero-order valence-electron chi connectivity index (χ0n) is 11.4. The minimum atomic E-state index is -0.212. The number of ether oxygens (including phenoxy) is 1. The van der Waals surface area contributed by atoms with Gasteiger partial charge >= 0.3 is 0 Å². The Bertz CT molecular complexity index is 642. The number of nitrogen functional groups attached to an aromatic ring is 1. The van der Waals surface area contributed by atoms with Gasteiger partial charge in [0, 0.05) is 24.0 Å². The van der Waals surface area contributed by atoms with Gasteiger partial charge < -0.3 is 15.4 Å². The van der Waals surface area contributed by atoms with Crippen LogP contribution in [-0.2, 0) is 6.42 Å². The number of halogens is 1. The zero-order chi connectivity index (χ0) is 14.1. The monoisotopic (exact) mass is 272 g/mol. The number of benzene rings is 2. The first kappa shape index (κ1) is 12.8. The molecule has 0 spiro atoms. The summed E-state index contributed by atoms with van der Waals surface area (Å²) < 4.78 is 19.0. The van der Waals surface area contributed by atoms with Crippen molar-refractivity contribution in [2.24, 2.45) is 0 Å². The Balaban J connectivity index is 1.99. The van der Waals surface area contributed by atoms with Gasteiger partial charge in [0.25, 0.3) is 0 Å². The molecule has 104 valence electrons. The van der Waals surface area contributed by atoms with Gasteiger partial charge in [-0.25, -0.2) is 4.39 Å². The molecule has 4 heteroatoms. The number of anilines is 3. The van der Waals surface area contributed by atoms with E-state index < -0.39 is 0 Å². The smallest absolute Gasteiger partial charge is 0.144 e. The van der Waals surface area contributed by atoms with E-state index in [0.29, 0.717) is 18.0 Å². The fourth-order valence-corrected chi connectivity index (χ4v) is 2.59. The molecule has 0 unspecified atom stereocenters. The van der Waals surface area contributed by atoms with Crippen LogP contribution in [0, 0.1) is 5.82 Å². The van der Waals surface area contributed by atoms with Gasteiger partial charge in [-0.3, -0.25) is 0 Å². The van der Waals surface area contributed by atoms with Crippen molar-refractivity contribution in [1.82, 2.24) is 0 Å². The number of nitrogens with two attached hydrogens (primary N) is 1. The highest BCUT2D eigenvalue weighted by Gasteiger charge is 2.21. The molecule has 3 rings (SSSR count). The molecule has 3 nitrogen and oxygen atoms in total. The van der Waals surface area contributed by atoms with Gasteiger partial charge in [0.1, 0.15) is 11.6 Å². The molecule has 0 bridgehead atoms. The third-order valence-electron chi connectivity index (χ3n) is 3.55. The van der Waals surface area contributed by atoms with E-state index in [9.17, 15) is 4.39 Å². The summed E-state index contributed by atoms with van der Waals surface area (Å²) >= 11 is 0. The molecule has 0 aromatic heterocycles. The van der Waals surface area contributed by atoms with Crippen LogP contribution in [0.5, 0.6) is 5.75 Å². The molecule has 2 N–H and O–H groups in total. The molecule has 0 atom stereocenters. The number of hydrogen-bond donors (Lipinski definition) is 1. The van der Waals surface area contributed by atoms with Crippen LogP contribution in [0.3, 0.4) is 0 Å². The molecule has 1 aliphatic rings. The lowest BCUT2D eigenvalue weighted by Crippen LogP contribution is -2.13. The van der Waals surface area contributed by atoms with Gasteiger partial charge in [-0.2, -0.15) is 0 Å². The van der Waals surface area contributed by atoms with Crippen molar-refractivity contribution < 1.29 is 9.13 Å². The summed E-state index contributed by atoms with van der Waals surface area (Å²) in [5, 5.41) is 0. The Labute approximate surface area is 117 Å². The second-order valence-electron chi connectivity index (χ2n) is 4.83. The topological polar surface area (TPSA) is 38.5 Å². The first-order valence-electron chi connectivity index (χ1n) is 6.77. The first-order chi connectivity index (χ1) is 9.69. The van der Waals surface area contributed by atoms with Crippen molar-refractivity contribution in [1.29, 1.82) is 0 Å². The fraction of sp³-hybridized carbons (Fsp3) is 0.250. The predicted octanol–water partition coefficient (Wildman–Crippen LogP) is 3.50. The Kier molecular flexibility index (Phi) is 3.22. The molecule has 0 aliphatic carbocycles. The van der Waals surface area contributed by atoms with Crippen LogP contribution < -0.4 is 15.4 Å². The lowest BCUT2D eigenvalue weighted by molar-refractivity contribution is 0.342. The van der Waals surface area contributed by atoms with E-state index in [1.54, 1.807) is 6.07 Å². The van der Waals surface area contributed by atoms with Gasteiger partial charge in [-0.15, -0.1) is 0 Å². The SMILES string of the molecule is CCOc1cc(N2CCc3ccc(F)cc32)ccc1N. The first-order valence-corrected chi connectivity index (χ1v) is 6.77. The lowest BCUT2D eigenvalue weighted by atomic mass is 10.1. The second-order valence-corrected chi connectivity index (χ2v) is 4.83. The minimum Gasteiger partial charge on any atom is -0.492 e. The summed E-state index contributed by atoms with van der Waals surface area (Å²) in [7, 11) is 0. The van der Waals surface area contributed by atoms with Gasteiger partial charge in [-0.1, -0.05) is 6.07 Å². The maximum Gasteiger partial charge on any atom is 0.144 e. The van der Waals surface area contributed by atoms with Crippen LogP contribution in [0.25, 0.3) is 0 Å². The number of nitrogens with zero attached hydrogens (tertiary/aromatic N) is 1. The molecular weight excluding hydrogens is 255 g/mol. The Morgan fingerprint density at radius 3 is 2.90 bits per heavy atom. The van der Waals surface area contributed by atoms with E-state index in [0.717, 1.165) is 24.3 Å². The van der Waals surface area contributed by atoms with E-state index in [1.807, 2.05) is 31.2 Å². The molecule has 0 amide bonds. The summed E-state index contributed by atoms with van der Waals surface area (Å²) in [6.07, 6.45) is 0.921. The van der Waals surface area contributed by atoms with Crippen LogP contribution in [-0.4, -0.2) is 13.2 Å². The molecule has 2 aromatic carbocycles. The molecular formula is C16H17FN2O. The largest absolute Gasteiger partial charge is 0.492 e. The average Bonchev–Trinajstić information content (AvgIpc) is 2.84. The summed E-state index contributed by atoms with van der Waals surface area (Å²) in [5.74, 6) is 0.464. The fourth-order valence-electron chi connectivity index (χ4n) is 2.59. The molecule has 20 heavy (non-hydrogen) atoms. The van der Waals surface area contributed by atoms with Crippen molar-refractivity contribution in [2.45, 2.75) is 13.3 Å². The third-order valence-corrected chi connectivity index (χ3v) is 3.55. The molecule has 1 aliphatic heterocycles. The van der Waals surface area contributed by atoms with Crippen molar-refractivity contribution in [2.75, 3.05) is 23.8 Å². The van der Waals surface area contributed by atoms with Gasteiger partial charge in [-0.05, 0) is 43.2 Å². The summed E-state index contributed by atoms with van der Waals surface area (Å²) in [5.41, 5.74) is 9.58. The predicted molar refractivity (Wildman–Crippen MR) is 79.1 cm³/mol. The van der Waals surface area contributed by atoms with Crippen LogP contribution in [0.1, 0.15) is 12.5 Å². The number of hydrogen-bond acceptors (Lipinski definition) is 3. The van der Waals surface area contributed by atoms with Gasteiger partial charge in [0.15, 0.2) is 0 Å². The summed E-state index contributed by atoms with van der Waals surface area (Å²) in [6, 6.07) is 10.6. The van der Waals surface area contributed by atoms with Gasteiger partial charge in [0.05, 0.1) is 12.3 Å². The minimum absolute atomic E-state index is 0.212. The van der Waals surface area contributed by atoms with Gasteiger partial charge in [0.2, 0.25) is 0 Å². The summed E-state index contributed by atoms with van der Waals surface area (Å²) in [4.78, 5) is 2.10. The zero-order valence-corrected chi connectivity index (χ0v) is 11.4. The maximum absolute atomic E-state index is 13.4. The van der Waals surface area contributed by atoms with E-state index in [1.165, 1.54) is 11.6 Å². The number of fused-ring (bicyclic) bond motifs is 1. The van der Waals surface area contributed by atoms with E-state index in [-0.39, 0.29) is 5.82 Å². The Morgan fingerprint density at radius 1 is 1.25 bits per heavy atom. The van der Waals surface area contributed by atoms with Crippen LogP contribution in [0.15, 0.2) is 36.4 Å². The molecule has 0 fully saturated rings. The molecule has 0 radical (unpaired) electrons. The number of rotatable bonds is 3. The average molecular weight is 272 g/mol. The van der Waals surface area contributed by atoms with Crippen molar-refractivity contribution in [3.63, 3.8) is 0 Å². The second kappa shape index (κ2) is 5.04. The van der Waals surface area contributed by atoms with Crippen molar-refractivity contribution in [3.8, 4) is 5.75 Å². The quantitative estimate of drug-likeness (QED) is 0.869. The highest BCUT2D eigenvalue weighted by Crippen LogP contribution is 2.37. The van der Waals surface area contributed by atoms with Crippen molar-refractivity contribution in [3.05, 3.63) is 47.8 Å².